The molecule has 1 saturated heterocycles. The number of nitrogens with one attached hydrogen (secondary N) is 1. The summed E-state index contributed by atoms with van der Waals surface area (Å²) in [5.41, 5.74) is 0. The Morgan fingerprint density at radius 3 is 2.43 bits per heavy atom. The minimum Gasteiger partial charge on any atom is -0.356 e. The van der Waals surface area contributed by atoms with Crippen LogP contribution in [0.15, 0.2) is 0 Å². The Balaban J connectivity index is 0.000000360. The summed E-state index contributed by atoms with van der Waals surface area (Å²) in [5, 5.41) is 2.68. The molecule has 1 amide bonds. The SMILES string of the molecule is O=C1CCCN1.[Li]. The van der Waals surface area contributed by atoms with Crippen molar-refractivity contribution in [3.05, 3.63) is 0 Å². The smallest absolute Gasteiger partial charge is 0.220 e. The van der Waals surface area contributed by atoms with Gasteiger partial charge in [0.05, 0.1) is 0 Å². The first-order chi connectivity index (χ1) is 2.89. The Morgan fingerprint density at radius 1 is 1.57 bits per heavy atom. The van der Waals surface area contributed by atoms with E-state index in [2.05, 4.69) is 5.32 Å². The summed E-state index contributed by atoms with van der Waals surface area (Å²) in [6.07, 6.45) is 1.76. The minimum atomic E-state index is 0. The molecule has 1 aliphatic heterocycles. The standard InChI is InChI=1S/C4H7NO.Li/c6-4-2-1-3-5-4;/h1-3H2,(H,5,6);. The fourth-order valence-corrected chi connectivity index (χ4v) is 0.565. The average molecular weight is 92.0 g/mol. The quantitative estimate of drug-likeness (QED) is 0.401. The van der Waals surface area contributed by atoms with E-state index in [4.69, 9.17) is 0 Å². The molecule has 0 bridgehead atoms. The second-order valence-electron chi connectivity index (χ2n) is 1.45. The molecule has 0 aliphatic carbocycles. The summed E-state index contributed by atoms with van der Waals surface area (Å²) in [5.74, 6) is 0.204. The second-order valence-corrected chi connectivity index (χ2v) is 1.45. The van der Waals surface area contributed by atoms with Gasteiger partial charge in [0, 0.05) is 31.8 Å². The molecule has 1 fully saturated rings. The zero-order valence-electron chi connectivity index (χ0n) is 4.53. The normalized spacial score (nSPS) is 18.0. The monoisotopic (exact) mass is 92.1 g/mol. The minimum absolute atomic E-state index is 0. The maximum Gasteiger partial charge on any atom is 0.220 e. The van der Waals surface area contributed by atoms with Crippen molar-refractivity contribution in [2.45, 2.75) is 12.8 Å². The predicted molar refractivity (Wildman–Crippen MR) is 28.0 cm³/mol. The van der Waals surface area contributed by atoms with Crippen LogP contribution in [0.1, 0.15) is 12.8 Å². The van der Waals surface area contributed by atoms with E-state index in [1.54, 1.807) is 0 Å². The Morgan fingerprint density at radius 2 is 2.29 bits per heavy atom. The molecule has 0 aromatic rings. The maximum absolute atomic E-state index is 10.1. The van der Waals surface area contributed by atoms with E-state index in [9.17, 15) is 4.79 Å². The number of hydrogen-bond acceptors (Lipinski definition) is 1. The topological polar surface area (TPSA) is 29.1 Å². The van der Waals surface area contributed by atoms with Crippen LogP contribution in [0.25, 0.3) is 0 Å². The van der Waals surface area contributed by atoms with Crippen LogP contribution in [0.5, 0.6) is 0 Å². The molecular weight excluding hydrogens is 85.0 g/mol. The summed E-state index contributed by atoms with van der Waals surface area (Å²) >= 11 is 0. The van der Waals surface area contributed by atoms with Gasteiger partial charge >= 0.3 is 0 Å². The molecule has 1 rings (SSSR count). The van der Waals surface area contributed by atoms with Gasteiger partial charge in [-0.05, 0) is 6.42 Å². The molecule has 0 atom stereocenters. The summed E-state index contributed by atoms with van der Waals surface area (Å²) in [4.78, 5) is 10.1. The number of hydrogen-bond donors (Lipinski definition) is 1. The van der Waals surface area contributed by atoms with E-state index in [0.717, 1.165) is 19.4 Å². The molecule has 1 heterocycles. The first-order valence-corrected chi connectivity index (χ1v) is 2.16. The number of amides is 1. The molecule has 7 heavy (non-hydrogen) atoms. The molecule has 0 spiro atoms. The molecule has 2 nitrogen and oxygen atoms in total. The van der Waals surface area contributed by atoms with Crippen LogP contribution in [0, 0.1) is 0 Å². The number of carbonyl (C=O) groups is 1. The molecule has 0 aromatic heterocycles. The van der Waals surface area contributed by atoms with E-state index >= 15 is 0 Å². The van der Waals surface area contributed by atoms with E-state index in [0.29, 0.717) is 0 Å². The zero-order valence-corrected chi connectivity index (χ0v) is 4.53. The van der Waals surface area contributed by atoms with Crippen molar-refractivity contribution in [2.24, 2.45) is 0 Å². The zero-order chi connectivity index (χ0) is 4.41. The van der Waals surface area contributed by atoms with Crippen molar-refractivity contribution < 1.29 is 4.79 Å². The van der Waals surface area contributed by atoms with Gasteiger partial charge in [-0.15, -0.1) is 0 Å². The predicted octanol–water partition coefficient (Wildman–Crippen LogP) is -0.484. The average Bonchev–Trinajstić information content (AvgIpc) is 1.86. The molecule has 1 radical (unpaired) electrons. The van der Waals surface area contributed by atoms with E-state index in [1.807, 2.05) is 0 Å². The van der Waals surface area contributed by atoms with Crippen molar-refractivity contribution in [3.63, 3.8) is 0 Å². The van der Waals surface area contributed by atoms with Crippen LogP contribution in [-0.4, -0.2) is 31.3 Å². The molecule has 0 saturated carbocycles. The van der Waals surface area contributed by atoms with Crippen LogP contribution in [0.4, 0.5) is 0 Å². The van der Waals surface area contributed by atoms with Crippen molar-refractivity contribution in [3.8, 4) is 0 Å². The first kappa shape index (κ1) is 7.07. The van der Waals surface area contributed by atoms with Crippen molar-refractivity contribution in [1.29, 1.82) is 0 Å². The molecule has 0 aromatic carbocycles. The summed E-state index contributed by atoms with van der Waals surface area (Å²) in [6, 6.07) is 0. The molecule has 0 unspecified atom stereocenters. The summed E-state index contributed by atoms with van der Waals surface area (Å²) in [7, 11) is 0. The van der Waals surface area contributed by atoms with Gasteiger partial charge < -0.3 is 5.32 Å². The number of carbonyl (C=O) groups excluding carboxylic acids is 1. The Labute approximate surface area is 54.8 Å². The van der Waals surface area contributed by atoms with E-state index in [1.165, 1.54) is 0 Å². The van der Waals surface area contributed by atoms with Crippen LogP contribution in [0.2, 0.25) is 0 Å². The van der Waals surface area contributed by atoms with Crippen LogP contribution >= 0.6 is 0 Å². The van der Waals surface area contributed by atoms with Gasteiger partial charge in [0.15, 0.2) is 0 Å². The maximum atomic E-state index is 10.1. The van der Waals surface area contributed by atoms with Crippen LogP contribution in [0.3, 0.4) is 0 Å². The molecule has 1 N–H and O–H groups in total. The van der Waals surface area contributed by atoms with Crippen molar-refractivity contribution in [2.75, 3.05) is 6.54 Å². The Bertz CT molecular complexity index is 66.1. The fourth-order valence-electron chi connectivity index (χ4n) is 0.565. The molecule has 1 aliphatic rings. The third-order valence-electron chi connectivity index (χ3n) is 0.903. The second kappa shape index (κ2) is 3.12. The Hall–Kier alpha value is 0.0674. The molecule has 3 heteroatoms. The Kier molecular flexibility index (Phi) is 3.15. The van der Waals surface area contributed by atoms with Gasteiger partial charge in [-0.25, -0.2) is 0 Å². The first-order valence-electron chi connectivity index (χ1n) is 2.16. The largest absolute Gasteiger partial charge is 0.356 e. The van der Waals surface area contributed by atoms with Gasteiger partial charge in [-0.2, -0.15) is 0 Å². The third kappa shape index (κ3) is 2.01. The van der Waals surface area contributed by atoms with Gasteiger partial charge in [-0.1, -0.05) is 0 Å². The van der Waals surface area contributed by atoms with Gasteiger partial charge in [0.2, 0.25) is 5.91 Å². The third-order valence-corrected chi connectivity index (χ3v) is 0.903. The number of rotatable bonds is 0. The van der Waals surface area contributed by atoms with E-state index in [-0.39, 0.29) is 24.8 Å². The van der Waals surface area contributed by atoms with Crippen molar-refractivity contribution >= 4 is 24.8 Å². The van der Waals surface area contributed by atoms with Gasteiger partial charge in [0.25, 0.3) is 0 Å². The fraction of sp³-hybridized carbons (Fsp3) is 0.750. The van der Waals surface area contributed by atoms with E-state index < -0.39 is 0 Å². The molecule has 35 valence electrons. The van der Waals surface area contributed by atoms with Crippen molar-refractivity contribution in [1.82, 2.24) is 5.32 Å². The summed E-state index contributed by atoms with van der Waals surface area (Å²) in [6.45, 7) is 0.888. The van der Waals surface area contributed by atoms with Gasteiger partial charge in [0.1, 0.15) is 0 Å². The van der Waals surface area contributed by atoms with Gasteiger partial charge in [-0.3, -0.25) is 4.79 Å². The summed E-state index contributed by atoms with van der Waals surface area (Å²) < 4.78 is 0. The van der Waals surface area contributed by atoms with Crippen LogP contribution < -0.4 is 5.32 Å². The molecular formula is C4H7LiNO. The van der Waals surface area contributed by atoms with Crippen LogP contribution in [-0.2, 0) is 4.79 Å².